The number of nitrogens with one attached hydrogen (secondary N) is 3. The highest BCUT2D eigenvalue weighted by atomic mass is 32.1. The summed E-state index contributed by atoms with van der Waals surface area (Å²) >= 11 is 1.37. The van der Waals surface area contributed by atoms with Crippen LogP contribution < -0.4 is 21.3 Å². The fraction of sp³-hybridized carbons (Fsp3) is 0.263. The zero-order chi connectivity index (χ0) is 22.3. The van der Waals surface area contributed by atoms with Gasteiger partial charge in [-0.05, 0) is 31.9 Å². The summed E-state index contributed by atoms with van der Waals surface area (Å²) < 4.78 is 1.68. The van der Waals surface area contributed by atoms with Crippen LogP contribution in [-0.4, -0.2) is 53.7 Å². The second-order valence-electron chi connectivity index (χ2n) is 7.57. The summed E-state index contributed by atoms with van der Waals surface area (Å²) in [6, 6.07) is 5.20. The van der Waals surface area contributed by atoms with Crippen LogP contribution in [0, 0.1) is 0 Å². The first-order valence-electron chi connectivity index (χ1n) is 9.90. The fourth-order valence-corrected chi connectivity index (χ4v) is 4.32. The van der Waals surface area contributed by atoms with Gasteiger partial charge in [0.15, 0.2) is 16.8 Å². The highest BCUT2D eigenvalue weighted by Crippen LogP contribution is 2.34. The topological polar surface area (TPSA) is 159 Å². The van der Waals surface area contributed by atoms with Crippen LogP contribution in [0.3, 0.4) is 0 Å². The SMILES string of the molecule is C[C@@]1(C(=O)Nc2nccs2)CCCN1c1nc(Nc2cc(C(N)=O)[nH]n2)c2cccn2n1. The molecule has 0 aromatic carbocycles. The largest absolute Gasteiger partial charge is 0.364 e. The Morgan fingerprint density at radius 3 is 3.00 bits per heavy atom. The third-order valence-electron chi connectivity index (χ3n) is 5.49. The molecule has 0 spiro atoms. The Bertz CT molecular complexity index is 1300. The molecule has 5 heterocycles. The van der Waals surface area contributed by atoms with E-state index in [1.54, 1.807) is 16.9 Å². The number of primary amides is 1. The van der Waals surface area contributed by atoms with Gasteiger partial charge < -0.3 is 16.0 Å². The maximum Gasteiger partial charge on any atom is 0.266 e. The van der Waals surface area contributed by atoms with E-state index in [-0.39, 0.29) is 11.6 Å². The molecule has 1 fully saturated rings. The molecule has 1 aliphatic rings. The van der Waals surface area contributed by atoms with E-state index < -0.39 is 11.4 Å². The molecule has 32 heavy (non-hydrogen) atoms. The van der Waals surface area contributed by atoms with E-state index in [9.17, 15) is 9.59 Å². The van der Waals surface area contributed by atoms with Crippen molar-refractivity contribution >= 4 is 51.4 Å². The van der Waals surface area contributed by atoms with Crippen molar-refractivity contribution in [1.29, 1.82) is 0 Å². The standard InChI is InChI=1S/C19H20N10O2S/c1-19(16(31)24-18-21-6-9-32-18)5-3-7-28(19)17-23-15(12-4-2-8-29(12)27-17)22-13-10-11(14(20)30)25-26-13/h2,4,6,8-10H,3,5,7H2,1H3,(H2,20,30)(H,21,24,31)(H2,22,23,25,26,27)/t19-/m0/s1. The van der Waals surface area contributed by atoms with Crippen molar-refractivity contribution in [2.24, 2.45) is 5.73 Å². The number of amides is 2. The zero-order valence-electron chi connectivity index (χ0n) is 17.1. The Morgan fingerprint density at radius 2 is 2.25 bits per heavy atom. The van der Waals surface area contributed by atoms with Gasteiger partial charge in [0.25, 0.3) is 11.8 Å². The second-order valence-corrected chi connectivity index (χ2v) is 8.47. The molecule has 2 amide bonds. The molecule has 0 saturated carbocycles. The normalized spacial score (nSPS) is 18.2. The predicted octanol–water partition coefficient (Wildman–Crippen LogP) is 1.75. The fourth-order valence-electron chi connectivity index (χ4n) is 3.80. The van der Waals surface area contributed by atoms with Crippen molar-refractivity contribution < 1.29 is 9.59 Å². The lowest BCUT2D eigenvalue weighted by molar-refractivity contribution is -0.120. The number of carbonyl (C=O) groups is 2. The van der Waals surface area contributed by atoms with Crippen molar-refractivity contribution in [2.75, 3.05) is 22.1 Å². The molecule has 0 bridgehead atoms. The van der Waals surface area contributed by atoms with Gasteiger partial charge in [-0.15, -0.1) is 16.4 Å². The third kappa shape index (κ3) is 3.41. The Kier molecular flexibility index (Phi) is 4.74. The van der Waals surface area contributed by atoms with Crippen LogP contribution in [0.25, 0.3) is 5.52 Å². The minimum Gasteiger partial charge on any atom is -0.364 e. The second kappa shape index (κ2) is 7.60. The molecule has 1 atom stereocenters. The summed E-state index contributed by atoms with van der Waals surface area (Å²) in [6.45, 7) is 2.51. The average molecular weight is 453 g/mol. The van der Waals surface area contributed by atoms with Crippen molar-refractivity contribution in [3.05, 3.63) is 41.7 Å². The molecule has 0 unspecified atom stereocenters. The smallest absolute Gasteiger partial charge is 0.266 e. The molecule has 1 aliphatic heterocycles. The molecule has 5 N–H and O–H groups in total. The van der Waals surface area contributed by atoms with Crippen LogP contribution in [-0.2, 0) is 4.79 Å². The maximum absolute atomic E-state index is 13.2. The lowest BCUT2D eigenvalue weighted by Crippen LogP contribution is -2.51. The Balaban J connectivity index is 1.49. The summed E-state index contributed by atoms with van der Waals surface area (Å²) in [7, 11) is 0. The van der Waals surface area contributed by atoms with Crippen LogP contribution in [0.4, 0.5) is 22.7 Å². The van der Waals surface area contributed by atoms with Crippen molar-refractivity contribution in [3.63, 3.8) is 0 Å². The summed E-state index contributed by atoms with van der Waals surface area (Å²) in [5.41, 5.74) is 5.35. The lowest BCUT2D eigenvalue weighted by Gasteiger charge is -2.33. The number of carbonyl (C=O) groups excluding carboxylic acids is 2. The summed E-state index contributed by atoms with van der Waals surface area (Å²) in [5, 5.41) is 19.6. The summed E-state index contributed by atoms with van der Waals surface area (Å²) in [4.78, 5) is 35.3. The summed E-state index contributed by atoms with van der Waals surface area (Å²) in [6.07, 6.45) is 4.92. The van der Waals surface area contributed by atoms with Gasteiger partial charge in [-0.1, -0.05) is 0 Å². The first kappa shape index (κ1) is 19.9. The highest BCUT2D eigenvalue weighted by molar-refractivity contribution is 7.13. The minimum atomic E-state index is -0.838. The molecular formula is C19H20N10O2S. The number of anilines is 4. The van der Waals surface area contributed by atoms with Gasteiger partial charge in [0, 0.05) is 30.4 Å². The number of hydrogen-bond acceptors (Lipinski definition) is 9. The summed E-state index contributed by atoms with van der Waals surface area (Å²) in [5.74, 6) is 0.500. The van der Waals surface area contributed by atoms with Crippen LogP contribution >= 0.6 is 11.3 Å². The first-order chi connectivity index (χ1) is 15.4. The first-order valence-corrected chi connectivity index (χ1v) is 10.8. The number of aromatic nitrogens is 6. The van der Waals surface area contributed by atoms with E-state index >= 15 is 0 Å². The van der Waals surface area contributed by atoms with Crippen LogP contribution in [0.1, 0.15) is 30.3 Å². The maximum atomic E-state index is 13.2. The van der Waals surface area contributed by atoms with Crippen molar-refractivity contribution in [2.45, 2.75) is 25.3 Å². The quantitative estimate of drug-likeness (QED) is 0.344. The van der Waals surface area contributed by atoms with Gasteiger partial charge in [-0.25, -0.2) is 9.50 Å². The number of nitrogens with two attached hydrogens (primary N) is 1. The Hall–Kier alpha value is -4.00. The molecule has 4 aromatic rings. The molecule has 0 aliphatic carbocycles. The van der Waals surface area contributed by atoms with E-state index in [0.717, 1.165) is 6.42 Å². The number of H-pyrrole nitrogens is 1. The Labute approximate surface area is 185 Å². The third-order valence-corrected chi connectivity index (χ3v) is 6.18. The molecule has 0 radical (unpaired) electrons. The van der Waals surface area contributed by atoms with Gasteiger partial charge in [0.2, 0.25) is 5.95 Å². The molecule has 1 saturated heterocycles. The van der Waals surface area contributed by atoms with Crippen LogP contribution in [0.5, 0.6) is 0 Å². The van der Waals surface area contributed by atoms with Gasteiger partial charge in [0.1, 0.15) is 16.7 Å². The van der Waals surface area contributed by atoms with E-state index in [4.69, 9.17) is 10.7 Å². The van der Waals surface area contributed by atoms with E-state index in [2.05, 4.69) is 30.9 Å². The number of nitrogens with zero attached hydrogens (tertiary/aromatic N) is 6. The minimum absolute atomic E-state index is 0.158. The van der Waals surface area contributed by atoms with Crippen molar-refractivity contribution in [1.82, 2.24) is 29.8 Å². The van der Waals surface area contributed by atoms with E-state index in [0.29, 0.717) is 41.2 Å². The van der Waals surface area contributed by atoms with Crippen LogP contribution in [0.2, 0.25) is 0 Å². The molecule has 12 nitrogen and oxygen atoms in total. The Morgan fingerprint density at radius 1 is 1.38 bits per heavy atom. The van der Waals surface area contributed by atoms with E-state index in [1.165, 1.54) is 17.4 Å². The molecule has 4 aromatic heterocycles. The average Bonchev–Trinajstić information content (AvgIpc) is 3.55. The molecule has 164 valence electrons. The highest BCUT2D eigenvalue weighted by Gasteiger charge is 2.45. The number of thiazole rings is 1. The van der Waals surface area contributed by atoms with Gasteiger partial charge in [-0.3, -0.25) is 20.0 Å². The monoisotopic (exact) mass is 452 g/mol. The lowest BCUT2D eigenvalue weighted by atomic mass is 9.98. The molecular weight excluding hydrogens is 432 g/mol. The number of fused-ring (bicyclic) bond motifs is 1. The zero-order valence-corrected chi connectivity index (χ0v) is 17.9. The van der Waals surface area contributed by atoms with Gasteiger partial charge in [0.05, 0.1) is 0 Å². The van der Waals surface area contributed by atoms with Gasteiger partial charge in [-0.2, -0.15) is 10.1 Å². The number of rotatable bonds is 6. The van der Waals surface area contributed by atoms with Gasteiger partial charge >= 0.3 is 0 Å². The van der Waals surface area contributed by atoms with E-state index in [1.807, 2.05) is 29.3 Å². The predicted molar refractivity (Wildman–Crippen MR) is 119 cm³/mol. The number of hydrogen-bond donors (Lipinski definition) is 4. The number of aromatic amines is 1. The van der Waals surface area contributed by atoms with Crippen LogP contribution in [0.15, 0.2) is 36.0 Å². The molecule has 13 heteroatoms. The molecule has 5 rings (SSSR count). The van der Waals surface area contributed by atoms with Crippen molar-refractivity contribution in [3.8, 4) is 0 Å².